The van der Waals surface area contributed by atoms with E-state index < -0.39 is 0 Å². The summed E-state index contributed by atoms with van der Waals surface area (Å²) in [5.41, 5.74) is 0. The Hall–Kier alpha value is -1.06. The number of carbonyl (C=O) groups is 2. The lowest BCUT2D eigenvalue weighted by Gasteiger charge is -1.99. The average Bonchev–Trinajstić information content (AvgIpc) is 2.01. The minimum atomic E-state index is -0.371. The van der Waals surface area contributed by atoms with E-state index >= 15 is 0 Å². The smallest absolute Gasteiger partial charge is 0.306 e. The van der Waals surface area contributed by atoms with Crippen molar-refractivity contribution in [1.29, 1.82) is 0 Å². The summed E-state index contributed by atoms with van der Waals surface area (Å²) in [6.45, 7) is 3.77. The predicted molar refractivity (Wildman–Crippen MR) is 39.6 cm³/mol. The second-order valence-corrected chi connectivity index (χ2v) is 1.93. The van der Waals surface area contributed by atoms with E-state index in [1.165, 1.54) is 7.11 Å². The highest BCUT2D eigenvalue weighted by Gasteiger charge is 2.04. The number of carbonyl (C=O) groups excluding carboxylic acids is 2. The summed E-state index contributed by atoms with van der Waals surface area (Å²) in [4.78, 5) is 21.2. The molecule has 0 aliphatic heterocycles. The van der Waals surface area contributed by atoms with Gasteiger partial charge >= 0.3 is 5.97 Å². The highest BCUT2D eigenvalue weighted by molar-refractivity contribution is 5.81. The molecule has 0 saturated carbocycles. The molecule has 0 aromatic heterocycles. The van der Waals surface area contributed by atoms with E-state index in [-0.39, 0.29) is 24.7 Å². The zero-order valence-electron chi connectivity index (χ0n) is 6.55. The largest absolute Gasteiger partial charge is 0.469 e. The van der Waals surface area contributed by atoms with Gasteiger partial charge in [0.25, 0.3) is 0 Å². The molecule has 0 aliphatic carbocycles. The summed E-state index contributed by atoms with van der Waals surface area (Å²) in [6, 6.07) is 0. The summed E-state index contributed by atoms with van der Waals surface area (Å²) in [7, 11) is 1.29. The molecule has 11 heavy (non-hydrogen) atoms. The van der Waals surface area contributed by atoms with Crippen molar-refractivity contribution in [2.75, 3.05) is 13.7 Å². The molecule has 0 fully saturated rings. The molecule has 0 saturated heterocycles. The molecule has 0 spiro atoms. The highest BCUT2D eigenvalue weighted by atomic mass is 16.5. The molecule has 0 unspecified atom stereocenters. The van der Waals surface area contributed by atoms with Crippen molar-refractivity contribution < 1.29 is 14.3 Å². The van der Waals surface area contributed by atoms with Gasteiger partial charge in [-0.1, -0.05) is 0 Å². The first-order chi connectivity index (χ1) is 5.20. The molecule has 0 bridgehead atoms. The number of amides is 1. The summed E-state index contributed by atoms with van der Waals surface area (Å²) in [6.07, 6.45) is 0.296. The van der Waals surface area contributed by atoms with Gasteiger partial charge in [0.2, 0.25) is 5.91 Å². The summed E-state index contributed by atoms with van der Waals surface area (Å²) in [5.74, 6) is -0.547. The third-order valence-corrected chi connectivity index (χ3v) is 1.11. The van der Waals surface area contributed by atoms with Crippen molar-refractivity contribution in [2.24, 2.45) is 0 Å². The lowest BCUT2D eigenvalue weighted by Crippen LogP contribution is -2.23. The first-order valence-corrected chi connectivity index (χ1v) is 3.33. The van der Waals surface area contributed by atoms with Crippen LogP contribution in [0.3, 0.4) is 0 Å². The van der Waals surface area contributed by atoms with Gasteiger partial charge in [0, 0.05) is 13.0 Å². The minimum absolute atomic E-state index is 0.127. The Morgan fingerprint density at radius 2 is 2.09 bits per heavy atom. The SMILES string of the molecule is [CH2]CNC(=O)CCC(=O)OC. The van der Waals surface area contributed by atoms with E-state index in [0.29, 0.717) is 6.54 Å². The Bertz CT molecular complexity index is 145. The standard InChI is InChI=1S/C7H12NO3/c1-3-8-6(9)4-5-7(10)11-2/h1,3-5H2,2H3,(H,8,9). The number of hydrogen-bond donors (Lipinski definition) is 1. The fraction of sp³-hybridized carbons (Fsp3) is 0.571. The monoisotopic (exact) mass is 158 g/mol. The first-order valence-electron chi connectivity index (χ1n) is 3.33. The Morgan fingerprint density at radius 3 is 2.55 bits per heavy atom. The van der Waals surface area contributed by atoms with Crippen LogP contribution < -0.4 is 5.32 Å². The summed E-state index contributed by atoms with van der Waals surface area (Å²) >= 11 is 0. The molecule has 0 atom stereocenters. The maximum absolute atomic E-state index is 10.7. The van der Waals surface area contributed by atoms with Gasteiger partial charge in [-0.2, -0.15) is 0 Å². The average molecular weight is 158 g/mol. The third-order valence-electron chi connectivity index (χ3n) is 1.11. The van der Waals surface area contributed by atoms with Crippen molar-refractivity contribution >= 4 is 11.9 Å². The zero-order valence-corrected chi connectivity index (χ0v) is 6.55. The first kappa shape index (κ1) is 9.94. The maximum atomic E-state index is 10.7. The molecule has 0 heterocycles. The topological polar surface area (TPSA) is 55.4 Å². The summed E-state index contributed by atoms with van der Waals surface area (Å²) < 4.78 is 4.34. The van der Waals surface area contributed by atoms with Crippen LogP contribution in [0.5, 0.6) is 0 Å². The van der Waals surface area contributed by atoms with E-state index in [1.807, 2.05) is 0 Å². The number of hydrogen-bond acceptors (Lipinski definition) is 3. The number of rotatable bonds is 4. The second kappa shape index (κ2) is 5.70. The van der Waals surface area contributed by atoms with Crippen LogP contribution in [0.15, 0.2) is 0 Å². The molecular formula is C7H12NO3. The van der Waals surface area contributed by atoms with E-state index in [9.17, 15) is 9.59 Å². The molecule has 4 nitrogen and oxygen atoms in total. The van der Waals surface area contributed by atoms with Crippen LogP contribution in [0.2, 0.25) is 0 Å². The lowest BCUT2D eigenvalue weighted by molar-refractivity contribution is -0.142. The van der Waals surface area contributed by atoms with E-state index in [0.717, 1.165) is 0 Å². The third kappa shape index (κ3) is 5.39. The van der Waals surface area contributed by atoms with E-state index in [4.69, 9.17) is 0 Å². The van der Waals surface area contributed by atoms with Gasteiger partial charge in [-0.3, -0.25) is 9.59 Å². The maximum Gasteiger partial charge on any atom is 0.306 e. The van der Waals surface area contributed by atoms with Gasteiger partial charge in [-0.15, -0.1) is 0 Å². The van der Waals surface area contributed by atoms with Crippen molar-refractivity contribution in [3.63, 3.8) is 0 Å². The molecule has 0 aromatic carbocycles. The van der Waals surface area contributed by atoms with Crippen LogP contribution in [-0.4, -0.2) is 25.5 Å². The van der Waals surface area contributed by atoms with Gasteiger partial charge < -0.3 is 10.1 Å². The number of methoxy groups -OCH3 is 1. The van der Waals surface area contributed by atoms with Gasteiger partial charge in [0.1, 0.15) is 0 Å². The van der Waals surface area contributed by atoms with Gasteiger partial charge in [0.05, 0.1) is 13.5 Å². The van der Waals surface area contributed by atoms with Crippen molar-refractivity contribution in [1.82, 2.24) is 5.32 Å². The fourth-order valence-corrected chi connectivity index (χ4v) is 0.545. The molecule has 4 heteroatoms. The van der Waals surface area contributed by atoms with Gasteiger partial charge in [-0.25, -0.2) is 0 Å². The summed E-state index contributed by atoms with van der Waals surface area (Å²) in [5, 5.41) is 2.47. The van der Waals surface area contributed by atoms with E-state index in [2.05, 4.69) is 17.0 Å². The molecule has 63 valence electrons. The van der Waals surface area contributed by atoms with Gasteiger partial charge in [-0.05, 0) is 6.92 Å². The molecule has 0 rings (SSSR count). The molecular weight excluding hydrogens is 146 g/mol. The number of nitrogens with one attached hydrogen (secondary N) is 1. The van der Waals surface area contributed by atoms with Crippen LogP contribution in [-0.2, 0) is 14.3 Å². The molecule has 1 amide bonds. The number of ether oxygens (including phenoxy) is 1. The Morgan fingerprint density at radius 1 is 1.45 bits per heavy atom. The minimum Gasteiger partial charge on any atom is -0.469 e. The van der Waals surface area contributed by atoms with Crippen LogP contribution in [0, 0.1) is 6.92 Å². The molecule has 0 aromatic rings. The predicted octanol–water partition coefficient (Wildman–Crippen LogP) is -0.110. The molecule has 1 radical (unpaired) electrons. The highest BCUT2D eigenvalue weighted by Crippen LogP contribution is 1.90. The van der Waals surface area contributed by atoms with Crippen LogP contribution in [0.25, 0.3) is 0 Å². The van der Waals surface area contributed by atoms with Crippen molar-refractivity contribution in [3.8, 4) is 0 Å². The fourth-order valence-electron chi connectivity index (χ4n) is 0.545. The van der Waals surface area contributed by atoms with Gasteiger partial charge in [0.15, 0.2) is 0 Å². The van der Waals surface area contributed by atoms with Crippen LogP contribution >= 0.6 is 0 Å². The van der Waals surface area contributed by atoms with Crippen molar-refractivity contribution in [3.05, 3.63) is 6.92 Å². The quantitative estimate of drug-likeness (QED) is 0.581. The number of esters is 1. The van der Waals surface area contributed by atoms with Crippen molar-refractivity contribution in [2.45, 2.75) is 12.8 Å². The Kier molecular flexibility index (Phi) is 5.15. The molecule has 0 aliphatic rings. The molecule has 1 N–H and O–H groups in total. The van der Waals surface area contributed by atoms with E-state index in [1.54, 1.807) is 0 Å². The van der Waals surface area contributed by atoms with Crippen LogP contribution in [0.4, 0.5) is 0 Å². The Labute approximate surface area is 65.9 Å². The second-order valence-electron chi connectivity index (χ2n) is 1.93. The Balaban J connectivity index is 3.38. The normalized spacial score (nSPS) is 8.91. The zero-order chi connectivity index (χ0) is 8.69. The van der Waals surface area contributed by atoms with Crippen LogP contribution in [0.1, 0.15) is 12.8 Å². The lowest BCUT2D eigenvalue weighted by atomic mass is 10.3.